The third-order valence-electron chi connectivity index (χ3n) is 3.19. The van der Waals surface area contributed by atoms with Gasteiger partial charge in [-0.15, -0.1) is 0 Å². The first-order chi connectivity index (χ1) is 9.88. The standard InChI is InChI=1S/C12H16N6O3/c1-9-6-11(18(20)21)14-17(9)8-12(19)15(2)7-10-4-5-13-16(10)3/h4-6H,7-8H2,1-3H3. The van der Waals surface area contributed by atoms with Gasteiger partial charge in [-0.1, -0.05) is 0 Å². The van der Waals surface area contributed by atoms with E-state index in [1.807, 2.05) is 6.07 Å². The molecule has 2 aromatic rings. The Morgan fingerprint density at radius 1 is 1.52 bits per heavy atom. The number of aryl methyl sites for hydroxylation is 2. The second kappa shape index (κ2) is 5.73. The molecule has 0 atom stereocenters. The fourth-order valence-electron chi connectivity index (χ4n) is 1.88. The van der Waals surface area contributed by atoms with Crippen LogP contribution in [0.3, 0.4) is 0 Å². The van der Waals surface area contributed by atoms with Gasteiger partial charge in [0.1, 0.15) is 6.54 Å². The molecule has 2 aromatic heterocycles. The molecule has 0 aliphatic carbocycles. The maximum Gasteiger partial charge on any atom is 0.390 e. The summed E-state index contributed by atoms with van der Waals surface area (Å²) in [6.07, 6.45) is 1.66. The van der Waals surface area contributed by atoms with Crippen LogP contribution in [-0.2, 0) is 24.9 Å². The van der Waals surface area contributed by atoms with Gasteiger partial charge < -0.3 is 15.0 Å². The van der Waals surface area contributed by atoms with Gasteiger partial charge in [-0.2, -0.15) is 9.78 Å². The Kier molecular flexibility index (Phi) is 4.01. The highest BCUT2D eigenvalue weighted by molar-refractivity contribution is 5.75. The molecule has 0 aromatic carbocycles. The van der Waals surface area contributed by atoms with Gasteiger partial charge in [0.25, 0.3) is 0 Å². The van der Waals surface area contributed by atoms with Crippen molar-refractivity contribution in [2.45, 2.75) is 20.0 Å². The Balaban J connectivity index is 2.04. The molecule has 0 fully saturated rings. The zero-order valence-electron chi connectivity index (χ0n) is 12.1. The van der Waals surface area contributed by atoms with Gasteiger partial charge in [0.15, 0.2) is 0 Å². The predicted octanol–water partition coefficient (Wildman–Crippen LogP) is 0.492. The molecule has 0 aliphatic heterocycles. The van der Waals surface area contributed by atoms with E-state index in [9.17, 15) is 14.9 Å². The van der Waals surface area contributed by atoms with E-state index in [4.69, 9.17) is 0 Å². The number of hydrogen-bond donors (Lipinski definition) is 0. The van der Waals surface area contributed by atoms with Crippen LogP contribution in [-0.4, -0.2) is 42.3 Å². The lowest BCUT2D eigenvalue weighted by Gasteiger charge is -2.16. The van der Waals surface area contributed by atoms with E-state index in [1.165, 1.54) is 15.6 Å². The normalized spacial score (nSPS) is 10.6. The minimum atomic E-state index is -0.576. The van der Waals surface area contributed by atoms with Crippen LogP contribution in [0.4, 0.5) is 5.82 Å². The van der Waals surface area contributed by atoms with Gasteiger partial charge in [-0.05, 0) is 17.9 Å². The van der Waals surface area contributed by atoms with Crippen molar-refractivity contribution in [3.63, 3.8) is 0 Å². The van der Waals surface area contributed by atoms with E-state index in [-0.39, 0.29) is 18.3 Å². The average molecular weight is 292 g/mol. The maximum atomic E-state index is 12.1. The highest BCUT2D eigenvalue weighted by Gasteiger charge is 2.19. The fraction of sp³-hybridized carbons (Fsp3) is 0.417. The molecule has 0 radical (unpaired) electrons. The maximum absolute atomic E-state index is 12.1. The predicted molar refractivity (Wildman–Crippen MR) is 73.3 cm³/mol. The minimum Gasteiger partial charge on any atom is -0.358 e. The first kappa shape index (κ1) is 14.7. The van der Waals surface area contributed by atoms with Gasteiger partial charge in [0.05, 0.1) is 29.1 Å². The number of amides is 1. The summed E-state index contributed by atoms with van der Waals surface area (Å²) in [5.74, 6) is -0.438. The summed E-state index contributed by atoms with van der Waals surface area (Å²) in [6, 6.07) is 3.17. The number of aromatic nitrogens is 4. The molecule has 0 saturated carbocycles. The lowest BCUT2D eigenvalue weighted by molar-refractivity contribution is -0.389. The van der Waals surface area contributed by atoms with Crippen LogP contribution in [0.2, 0.25) is 0 Å². The molecule has 0 saturated heterocycles. The van der Waals surface area contributed by atoms with Crippen LogP contribution in [0.1, 0.15) is 11.4 Å². The topological polar surface area (TPSA) is 99.1 Å². The quantitative estimate of drug-likeness (QED) is 0.590. The van der Waals surface area contributed by atoms with E-state index < -0.39 is 4.92 Å². The van der Waals surface area contributed by atoms with Crippen LogP contribution in [0.15, 0.2) is 18.3 Å². The number of nitro groups is 1. The van der Waals surface area contributed by atoms with Crippen molar-refractivity contribution in [3.8, 4) is 0 Å². The fourth-order valence-corrected chi connectivity index (χ4v) is 1.88. The van der Waals surface area contributed by atoms with Gasteiger partial charge in [-0.25, -0.2) is 0 Å². The van der Waals surface area contributed by atoms with E-state index >= 15 is 0 Å². The summed E-state index contributed by atoms with van der Waals surface area (Å²) < 4.78 is 3.02. The second-order valence-electron chi connectivity index (χ2n) is 4.75. The summed E-state index contributed by atoms with van der Waals surface area (Å²) in [6.45, 7) is 2.06. The largest absolute Gasteiger partial charge is 0.390 e. The van der Waals surface area contributed by atoms with Crippen molar-refractivity contribution >= 4 is 11.7 Å². The van der Waals surface area contributed by atoms with Crippen LogP contribution in [0.25, 0.3) is 0 Å². The highest BCUT2D eigenvalue weighted by atomic mass is 16.6. The Labute approximate surface area is 120 Å². The smallest absolute Gasteiger partial charge is 0.358 e. The molecule has 0 unspecified atom stereocenters. The first-order valence-corrected chi connectivity index (χ1v) is 6.28. The van der Waals surface area contributed by atoms with Crippen molar-refractivity contribution in [1.29, 1.82) is 0 Å². The van der Waals surface area contributed by atoms with Gasteiger partial charge in [0, 0.05) is 20.3 Å². The third-order valence-corrected chi connectivity index (χ3v) is 3.19. The SMILES string of the molecule is Cc1cc([N+](=O)[O-])nn1CC(=O)N(C)Cc1ccnn1C. The average Bonchev–Trinajstić information content (AvgIpc) is 2.97. The monoisotopic (exact) mass is 292 g/mol. The number of hydrogen-bond acceptors (Lipinski definition) is 5. The van der Waals surface area contributed by atoms with Crippen molar-refractivity contribution in [2.75, 3.05) is 7.05 Å². The van der Waals surface area contributed by atoms with Gasteiger partial charge >= 0.3 is 5.82 Å². The minimum absolute atomic E-state index is 0.0337. The molecule has 1 amide bonds. The Morgan fingerprint density at radius 2 is 2.24 bits per heavy atom. The van der Waals surface area contributed by atoms with Crippen molar-refractivity contribution in [3.05, 3.63) is 39.8 Å². The molecule has 21 heavy (non-hydrogen) atoms. The molecule has 0 spiro atoms. The number of nitrogens with zero attached hydrogens (tertiary/aromatic N) is 6. The molecule has 2 heterocycles. The van der Waals surface area contributed by atoms with Gasteiger partial charge in [-0.3, -0.25) is 9.48 Å². The van der Waals surface area contributed by atoms with E-state index in [0.717, 1.165) is 5.69 Å². The molecular weight excluding hydrogens is 276 g/mol. The zero-order chi connectivity index (χ0) is 15.6. The molecule has 2 rings (SSSR count). The number of rotatable bonds is 5. The second-order valence-corrected chi connectivity index (χ2v) is 4.75. The summed E-state index contributed by atoms with van der Waals surface area (Å²) in [7, 11) is 3.47. The highest BCUT2D eigenvalue weighted by Crippen LogP contribution is 2.11. The molecule has 0 N–H and O–H groups in total. The first-order valence-electron chi connectivity index (χ1n) is 6.28. The van der Waals surface area contributed by atoms with Crippen molar-refractivity contribution < 1.29 is 9.72 Å². The Morgan fingerprint density at radius 3 is 2.76 bits per heavy atom. The number of likely N-dealkylation sites (N-methyl/N-ethyl adjacent to an activating group) is 1. The number of carbonyl (C=O) groups is 1. The van der Waals surface area contributed by atoms with E-state index in [1.54, 1.807) is 31.9 Å². The zero-order valence-corrected chi connectivity index (χ0v) is 12.1. The van der Waals surface area contributed by atoms with Crippen molar-refractivity contribution in [2.24, 2.45) is 7.05 Å². The third kappa shape index (κ3) is 3.25. The lowest BCUT2D eigenvalue weighted by Crippen LogP contribution is -2.31. The van der Waals surface area contributed by atoms with Crippen LogP contribution in [0.5, 0.6) is 0 Å². The van der Waals surface area contributed by atoms with Crippen LogP contribution < -0.4 is 0 Å². The molecule has 112 valence electrons. The Bertz CT molecular complexity index is 674. The van der Waals surface area contributed by atoms with Crippen LogP contribution >= 0.6 is 0 Å². The van der Waals surface area contributed by atoms with Crippen LogP contribution in [0, 0.1) is 17.0 Å². The summed E-state index contributed by atoms with van der Waals surface area (Å²) in [4.78, 5) is 23.8. The van der Waals surface area contributed by atoms with Gasteiger partial charge in [0.2, 0.25) is 5.91 Å². The number of carbonyl (C=O) groups excluding carboxylic acids is 1. The molecule has 0 bridgehead atoms. The van der Waals surface area contributed by atoms with Crippen molar-refractivity contribution in [1.82, 2.24) is 24.5 Å². The molecular formula is C12H16N6O3. The Hall–Kier alpha value is -2.71. The lowest BCUT2D eigenvalue weighted by atomic mass is 10.3. The summed E-state index contributed by atoms with van der Waals surface area (Å²) >= 11 is 0. The summed E-state index contributed by atoms with van der Waals surface area (Å²) in [5, 5.41) is 18.5. The molecule has 0 aliphatic rings. The van der Waals surface area contributed by atoms with E-state index in [0.29, 0.717) is 12.2 Å². The molecule has 9 nitrogen and oxygen atoms in total. The summed E-state index contributed by atoms with van der Waals surface area (Å²) in [5.41, 5.74) is 1.47. The van der Waals surface area contributed by atoms with E-state index in [2.05, 4.69) is 10.2 Å². The molecule has 9 heteroatoms.